The quantitative estimate of drug-likeness (QED) is 0.823. The molecule has 140 valence electrons. The third-order valence-electron chi connectivity index (χ3n) is 4.86. The van der Waals surface area contributed by atoms with Crippen LogP contribution < -0.4 is 5.32 Å². The molecule has 1 amide bonds. The summed E-state index contributed by atoms with van der Waals surface area (Å²) in [5.74, 6) is 0.415. The first-order valence-electron chi connectivity index (χ1n) is 8.69. The Morgan fingerprint density at radius 2 is 2.00 bits per heavy atom. The molecule has 0 bridgehead atoms. The van der Waals surface area contributed by atoms with Gasteiger partial charge in [-0.25, -0.2) is 9.37 Å². The highest BCUT2D eigenvalue weighted by Crippen LogP contribution is 2.29. The minimum atomic E-state index is -0.331. The van der Waals surface area contributed by atoms with E-state index in [0.29, 0.717) is 42.7 Å². The van der Waals surface area contributed by atoms with E-state index in [2.05, 4.69) is 10.3 Å². The average Bonchev–Trinajstić information content (AvgIpc) is 3.02. The number of halogens is 1. The summed E-state index contributed by atoms with van der Waals surface area (Å²) in [6.45, 7) is 3.37. The highest BCUT2D eigenvalue weighted by molar-refractivity contribution is 5.78. The molecule has 7 heteroatoms. The minimum absolute atomic E-state index is 0.0222. The second kappa shape index (κ2) is 7.97. The molecule has 0 radical (unpaired) electrons. The molecular weight excluding hydrogens is 339 g/mol. The third-order valence-corrected chi connectivity index (χ3v) is 4.86. The smallest absolute Gasteiger partial charge is 0.226 e. The Bertz CT molecular complexity index is 751. The van der Waals surface area contributed by atoms with Crippen molar-refractivity contribution >= 4 is 5.91 Å². The number of aryl methyl sites for hydroxylation is 1. The number of nitrogens with zero attached hydrogens (tertiary/aromatic N) is 1. The fourth-order valence-electron chi connectivity index (χ4n) is 3.00. The van der Waals surface area contributed by atoms with E-state index in [9.17, 15) is 14.3 Å². The number of aliphatic hydroxyl groups is 1. The number of ether oxygens (including phenoxy) is 1. The predicted octanol–water partition coefficient (Wildman–Crippen LogP) is 2.24. The summed E-state index contributed by atoms with van der Waals surface area (Å²) in [6.07, 6.45) is 1.54. The van der Waals surface area contributed by atoms with Crippen LogP contribution in [-0.2, 0) is 16.0 Å². The van der Waals surface area contributed by atoms with Gasteiger partial charge in [0.2, 0.25) is 11.8 Å². The molecule has 1 aliphatic heterocycles. The Labute approximate surface area is 151 Å². The summed E-state index contributed by atoms with van der Waals surface area (Å²) < 4.78 is 24.0. The number of rotatable bonds is 6. The van der Waals surface area contributed by atoms with Crippen molar-refractivity contribution in [3.63, 3.8) is 0 Å². The highest BCUT2D eigenvalue weighted by Gasteiger charge is 2.32. The summed E-state index contributed by atoms with van der Waals surface area (Å²) >= 11 is 0. The maximum atomic E-state index is 13.0. The summed E-state index contributed by atoms with van der Waals surface area (Å²) in [4.78, 5) is 16.7. The van der Waals surface area contributed by atoms with E-state index in [1.165, 1.54) is 12.1 Å². The summed E-state index contributed by atoms with van der Waals surface area (Å²) in [5.41, 5.74) is 0.890. The van der Waals surface area contributed by atoms with Gasteiger partial charge in [-0.1, -0.05) is 0 Å². The molecule has 0 unspecified atom stereocenters. The highest BCUT2D eigenvalue weighted by atomic mass is 19.1. The number of hydrogen-bond acceptors (Lipinski definition) is 5. The fourth-order valence-corrected chi connectivity index (χ4v) is 3.00. The van der Waals surface area contributed by atoms with Crippen molar-refractivity contribution in [3.05, 3.63) is 41.5 Å². The van der Waals surface area contributed by atoms with Crippen molar-refractivity contribution in [2.75, 3.05) is 26.4 Å². The molecule has 0 atom stereocenters. The lowest BCUT2D eigenvalue weighted by Crippen LogP contribution is -2.44. The Kier molecular flexibility index (Phi) is 5.68. The third kappa shape index (κ3) is 4.28. The molecule has 2 N–H and O–H groups in total. The zero-order valence-corrected chi connectivity index (χ0v) is 14.8. The van der Waals surface area contributed by atoms with Crippen LogP contribution in [-0.4, -0.2) is 42.4 Å². The van der Waals surface area contributed by atoms with E-state index < -0.39 is 0 Å². The van der Waals surface area contributed by atoms with Gasteiger partial charge in [0.15, 0.2) is 0 Å². The van der Waals surface area contributed by atoms with Crippen molar-refractivity contribution < 1.29 is 23.4 Å². The average molecular weight is 362 g/mol. The van der Waals surface area contributed by atoms with E-state index >= 15 is 0 Å². The molecule has 26 heavy (non-hydrogen) atoms. The first kappa shape index (κ1) is 18.5. The normalized spacial score (nSPS) is 16.4. The molecule has 0 aliphatic carbocycles. The van der Waals surface area contributed by atoms with E-state index in [-0.39, 0.29) is 30.2 Å². The van der Waals surface area contributed by atoms with Crippen molar-refractivity contribution in [2.45, 2.75) is 26.2 Å². The van der Waals surface area contributed by atoms with Crippen LogP contribution in [0.2, 0.25) is 0 Å². The molecule has 6 nitrogen and oxygen atoms in total. The lowest BCUT2D eigenvalue weighted by molar-refractivity contribution is -0.121. The van der Waals surface area contributed by atoms with E-state index in [1.54, 1.807) is 19.1 Å². The summed E-state index contributed by atoms with van der Waals surface area (Å²) in [5, 5.41) is 12.6. The zero-order chi connectivity index (χ0) is 18.6. The van der Waals surface area contributed by atoms with Crippen LogP contribution in [0, 0.1) is 18.2 Å². The van der Waals surface area contributed by atoms with Gasteiger partial charge in [0.1, 0.15) is 11.6 Å². The SMILES string of the molecule is Cc1oc(-c2ccc(F)cc2)nc1CC(=O)NCC1(CO)CCOCC1. The second-order valence-electron chi connectivity index (χ2n) is 6.75. The largest absolute Gasteiger partial charge is 0.441 e. The molecule has 1 aromatic carbocycles. The van der Waals surface area contributed by atoms with E-state index in [0.717, 1.165) is 12.8 Å². The molecule has 1 fully saturated rings. The van der Waals surface area contributed by atoms with Gasteiger partial charge in [0.05, 0.1) is 18.7 Å². The van der Waals surface area contributed by atoms with Crippen molar-refractivity contribution in [1.82, 2.24) is 10.3 Å². The topological polar surface area (TPSA) is 84.6 Å². The van der Waals surface area contributed by atoms with Gasteiger partial charge in [-0.05, 0) is 44.0 Å². The fraction of sp³-hybridized carbons (Fsp3) is 0.474. The van der Waals surface area contributed by atoms with Crippen LogP contribution >= 0.6 is 0 Å². The van der Waals surface area contributed by atoms with Crippen LogP contribution in [0.5, 0.6) is 0 Å². The molecule has 0 saturated carbocycles. The standard InChI is InChI=1S/C19H23FN2O4/c1-13-16(22-18(26-13)14-2-4-15(20)5-3-14)10-17(24)21-11-19(12-23)6-8-25-9-7-19/h2-5,23H,6-12H2,1H3,(H,21,24). The Hall–Kier alpha value is -2.25. The summed E-state index contributed by atoms with van der Waals surface area (Å²) in [6, 6.07) is 5.84. The number of carbonyl (C=O) groups excluding carboxylic acids is 1. The van der Waals surface area contributed by atoms with Crippen LogP contribution in [0.15, 0.2) is 28.7 Å². The first-order valence-corrected chi connectivity index (χ1v) is 8.69. The Morgan fingerprint density at radius 1 is 1.31 bits per heavy atom. The number of hydrogen-bond donors (Lipinski definition) is 2. The van der Waals surface area contributed by atoms with Crippen molar-refractivity contribution in [1.29, 1.82) is 0 Å². The number of amides is 1. The van der Waals surface area contributed by atoms with Gasteiger partial charge in [0.25, 0.3) is 0 Å². The molecule has 1 aromatic heterocycles. The maximum Gasteiger partial charge on any atom is 0.226 e. The number of benzene rings is 1. The Balaban J connectivity index is 1.61. The molecule has 1 saturated heterocycles. The van der Waals surface area contributed by atoms with Crippen molar-refractivity contribution in [3.8, 4) is 11.5 Å². The lowest BCUT2D eigenvalue weighted by atomic mass is 9.81. The van der Waals surface area contributed by atoms with Gasteiger partial charge < -0.3 is 19.6 Å². The first-order chi connectivity index (χ1) is 12.5. The minimum Gasteiger partial charge on any atom is -0.441 e. The van der Waals surface area contributed by atoms with E-state index in [1.807, 2.05) is 0 Å². The monoisotopic (exact) mass is 362 g/mol. The van der Waals surface area contributed by atoms with Crippen molar-refractivity contribution in [2.24, 2.45) is 5.41 Å². The number of aromatic nitrogens is 1. The van der Waals surface area contributed by atoms with Gasteiger partial charge in [-0.2, -0.15) is 0 Å². The van der Waals surface area contributed by atoms with Crippen LogP contribution in [0.25, 0.3) is 11.5 Å². The molecular formula is C19H23FN2O4. The Morgan fingerprint density at radius 3 is 2.65 bits per heavy atom. The number of oxazole rings is 1. The lowest BCUT2D eigenvalue weighted by Gasteiger charge is -2.35. The van der Waals surface area contributed by atoms with Crippen LogP contribution in [0.1, 0.15) is 24.3 Å². The van der Waals surface area contributed by atoms with Gasteiger partial charge >= 0.3 is 0 Å². The molecule has 2 aromatic rings. The zero-order valence-electron chi connectivity index (χ0n) is 14.8. The van der Waals surface area contributed by atoms with Gasteiger partial charge in [-0.3, -0.25) is 4.79 Å². The number of aliphatic hydroxyl groups excluding tert-OH is 1. The predicted molar refractivity (Wildman–Crippen MR) is 92.9 cm³/mol. The number of carbonyl (C=O) groups is 1. The van der Waals surface area contributed by atoms with Crippen LogP contribution in [0.4, 0.5) is 4.39 Å². The maximum absolute atomic E-state index is 13.0. The molecule has 1 aliphatic rings. The molecule has 2 heterocycles. The number of nitrogens with one attached hydrogen (secondary N) is 1. The molecule has 3 rings (SSSR count). The van der Waals surface area contributed by atoms with Gasteiger partial charge in [-0.15, -0.1) is 0 Å². The second-order valence-corrected chi connectivity index (χ2v) is 6.75. The van der Waals surface area contributed by atoms with E-state index in [4.69, 9.17) is 9.15 Å². The van der Waals surface area contributed by atoms with Gasteiger partial charge in [0, 0.05) is 30.7 Å². The molecule has 0 spiro atoms. The summed E-state index contributed by atoms with van der Waals surface area (Å²) in [7, 11) is 0. The van der Waals surface area contributed by atoms with Crippen LogP contribution in [0.3, 0.4) is 0 Å².